The number of aromatic nitrogens is 2. The Morgan fingerprint density at radius 3 is 2.40 bits per heavy atom. The molecule has 5 heteroatoms. The highest BCUT2D eigenvalue weighted by atomic mass is 16.2. The van der Waals surface area contributed by atoms with Crippen molar-refractivity contribution in [1.29, 1.82) is 0 Å². The molecule has 2 fully saturated rings. The van der Waals surface area contributed by atoms with Gasteiger partial charge < -0.3 is 10.2 Å². The summed E-state index contributed by atoms with van der Waals surface area (Å²) in [6.45, 7) is 5.78. The summed E-state index contributed by atoms with van der Waals surface area (Å²) in [7, 11) is 0. The first-order valence-electron chi connectivity index (χ1n) is 11.0. The number of carbonyl (C=O) groups excluding carboxylic acids is 1. The molecule has 2 aromatic heterocycles. The molecule has 5 rings (SSSR count). The van der Waals surface area contributed by atoms with Gasteiger partial charge in [-0.3, -0.25) is 14.8 Å². The fraction of sp³-hybridized carbons (Fsp3) is 0.400. The van der Waals surface area contributed by atoms with E-state index in [0.29, 0.717) is 17.9 Å². The zero-order valence-corrected chi connectivity index (χ0v) is 17.7. The number of likely N-dealkylation sites (tertiary alicyclic amines) is 1. The molecular formula is C25H28N4O. The molecule has 0 spiro atoms. The van der Waals surface area contributed by atoms with Crippen LogP contribution in [0.4, 0.5) is 5.69 Å². The first-order valence-corrected chi connectivity index (χ1v) is 11.0. The smallest absolute Gasteiger partial charge is 0.225 e. The van der Waals surface area contributed by atoms with Crippen LogP contribution < -0.4 is 5.32 Å². The van der Waals surface area contributed by atoms with Gasteiger partial charge in [0, 0.05) is 59.9 Å². The van der Waals surface area contributed by atoms with Gasteiger partial charge >= 0.3 is 0 Å². The minimum Gasteiger partial charge on any atom is -0.382 e. The molecule has 1 amide bonds. The summed E-state index contributed by atoms with van der Waals surface area (Å²) in [6, 6.07) is 11.2. The predicted molar refractivity (Wildman–Crippen MR) is 120 cm³/mol. The zero-order chi connectivity index (χ0) is 20.7. The number of hydrogen-bond donors (Lipinski definition) is 1. The van der Waals surface area contributed by atoms with Gasteiger partial charge in [-0.1, -0.05) is 0 Å². The lowest BCUT2D eigenvalue weighted by molar-refractivity contribution is -0.133. The van der Waals surface area contributed by atoms with Crippen molar-refractivity contribution in [2.45, 2.75) is 45.6 Å². The van der Waals surface area contributed by atoms with E-state index in [1.54, 1.807) is 0 Å². The zero-order valence-electron chi connectivity index (χ0n) is 17.7. The van der Waals surface area contributed by atoms with Crippen molar-refractivity contribution in [2.75, 3.05) is 18.4 Å². The molecule has 3 heterocycles. The van der Waals surface area contributed by atoms with Crippen LogP contribution in [0.15, 0.2) is 42.7 Å². The lowest BCUT2D eigenvalue weighted by Crippen LogP contribution is -2.43. The maximum atomic E-state index is 12.3. The molecule has 2 aliphatic rings. The number of hydrogen-bond acceptors (Lipinski definition) is 4. The molecule has 30 heavy (non-hydrogen) atoms. The number of fused-ring (bicyclic) bond motifs is 1. The SMILES string of the molecule is Cc1cc(-c2cc(NC3CCN(C(=O)C4CC4)CC3)c3cnccc3c2)cc(C)n1. The quantitative estimate of drug-likeness (QED) is 0.688. The largest absolute Gasteiger partial charge is 0.382 e. The maximum Gasteiger partial charge on any atom is 0.225 e. The first-order chi connectivity index (χ1) is 14.6. The third-order valence-corrected chi connectivity index (χ3v) is 6.26. The standard InChI is InChI=1S/C25H28N4O/c1-16-11-20(12-17(2)27-16)21-13-19-5-8-26-15-23(19)24(14-21)28-22-6-9-29(10-7-22)25(30)18-3-4-18/h5,8,11-15,18,22,28H,3-4,6-7,9-10H2,1-2H3. The number of pyridine rings is 2. The van der Waals surface area contributed by atoms with E-state index in [4.69, 9.17) is 0 Å². The Morgan fingerprint density at radius 2 is 1.70 bits per heavy atom. The van der Waals surface area contributed by atoms with Gasteiger partial charge in [-0.05, 0) is 86.4 Å². The van der Waals surface area contributed by atoms with E-state index < -0.39 is 0 Å². The Labute approximate surface area is 177 Å². The van der Waals surface area contributed by atoms with Crippen molar-refractivity contribution in [1.82, 2.24) is 14.9 Å². The Morgan fingerprint density at radius 1 is 1.00 bits per heavy atom. The van der Waals surface area contributed by atoms with Crippen molar-refractivity contribution in [3.8, 4) is 11.1 Å². The Bertz CT molecular complexity index is 1080. The maximum absolute atomic E-state index is 12.3. The molecule has 1 N–H and O–H groups in total. The Balaban J connectivity index is 1.41. The third-order valence-electron chi connectivity index (χ3n) is 6.26. The number of nitrogens with zero attached hydrogens (tertiary/aromatic N) is 3. The monoisotopic (exact) mass is 400 g/mol. The Hall–Kier alpha value is -2.95. The second kappa shape index (κ2) is 7.71. The van der Waals surface area contributed by atoms with Gasteiger partial charge in [-0.15, -0.1) is 0 Å². The molecule has 0 atom stereocenters. The highest BCUT2D eigenvalue weighted by molar-refractivity contribution is 5.97. The summed E-state index contributed by atoms with van der Waals surface area (Å²) in [5.74, 6) is 0.682. The highest BCUT2D eigenvalue weighted by Gasteiger charge is 2.34. The fourth-order valence-electron chi connectivity index (χ4n) is 4.54. The van der Waals surface area contributed by atoms with E-state index in [1.807, 2.05) is 26.2 Å². The van der Waals surface area contributed by atoms with Gasteiger partial charge in [0.05, 0.1) is 0 Å². The van der Waals surface area contributed by atoms with Crippen LogP contribution in [0.2, 0.25) is 0 Å². The normalized spacial score (nSPS) is 17.3. The van der Waals surface area contributed by atoms with Gasteiger partial charge in [-0.2, -0.15) is 0 Å². The molecule has 1 saturated carbocycles. The van der Waals surface area contributed by atoms with Crippen molar-refractivity contribution in [2.24, 2.45) is 5.92 Å². The van der Waals surface area contributed by atoms with Crippen LogP contribution in [0.1, 0.15) is 37.1 Å². The van der Waals surface area contributed by atoms with E-state index >= 15 is 0 Å². The molecule has 0 unspecified atom stereocenters. The summed E-state index contributed by atoms with van der Waals surface area (Å²) in [5, 5.41) is 6.09. The fourth-order valence-corrected chi connectivity index (χ4v) is 4.54. The molecule has 1 saturated heterocycles. The van der Waals surface area contributed by atoms with Crippen molar-refractivity contribution < 1.29 is 4.79 Å². The van der Waals surface area contributed by atoms with E-state index in [2.05, 4.69) is 50.5 Å². The molecule has 5 nitrogen and oxygen atoms in total. The van der Waals surface area contributed by atoms with E-state index in [9.17, 15) is 4.79 Å². The second-order valence-corrected chi connectivity index (χ2v) is 8.78. The summed E-state index contributed by atoms with van der Waals surface area (Å²) in [4.78, 5) is 23.3. The third kappa shape index (κ3) is 3.89. The van der Waals surface area contributed by atoms with Gasteiger partial charge in [-0.25, -0.2) is 0 Å². The number of piperidine rings is 1. The molecular weight excluding hydrogens is 372 g/mol. The van der Waals surface area contributed by atoms with Gasteiger partial charge in [0.2, 0.25) is 5.91 Å². The van der Waals surface area contributed by atoms with Gasteiger partial charge in [0.25, 0.3) is 0 Å². The van der Waals surface area contributed by atoms with Gasteiger partial charge in [0.1, 0.15) is 0 Å². The molecule has 154 valence electrons. The summed E-state index contributed by atoms with van der Waals surface area (Å²) in [5.41, 5.74) is 5.55. The second-order valence-electron chi connectivity index (χ2n) is 8.78. The molecule has 1 aromatic carbocycles. The van der Waals surface area contributed by atoms with Crippen LogP contribution in [0.25, 0.3) is 21.9 Å². The number of rotatable bonds is 4. The van der Waals surface area contributed by atoms with Crippen LogP contribution >= 0.6 is 0 Å². The number of nitrogens with one attached hydrogen (secondary N) is 1. The van der Waals surface area contributed by atoms with Crippen LogP contribution in [-0.4, -0.2) is 39.9 Å². The number of amides is 1. The molecule has 0 radical (unpaired) electrons. The van der Waals surface area contributed by atoms with E-state index in [1.165, 1.54) is 16.5 Å². The average molecular weight is 401 g/mol. The minimum atomic E-state index is 0.313. The average Bonchev–Trinajstić information content (AvgIpc) is 3.58. The van der Waals surface area contributed by atoms with Crippen LogP contribution in [0, 0.1) is 19.8 Å². The molecule has 1 aliphatic carbocycles. The number of carbonyl (C=O) groups is 1. The number of aryl methyl sites for hydroxylation is 2. The van der Waals surface area contributed by atoms with Crippen LogP contribution in [-0.2, 0) is 4.79 Å². The topological polar surface area (TPSA) is 58.1 Å². The number of anilines is 1. The van der Waals surface area contributed by atoms with Crippen molar-refractivity contribution in [3.05, 3.63) is 54.1 Å². The lowest BCUT2D eigenvalue weighted by Gasteiger charge is -2.33. The Kier molecular flexibility index (Phi) is 4.89. The highest BCUT2D eigenvalue weighted by Crippen LogP contribution is 2.34. The summed E-state index contributed by atoms with van der Waals surface area (Å²) in [6.07, 6.45) is 7.92. The van der Waals surface area contributed by atoms with Crippen molar-refractivity contribution >= 4 is 22.4 Å². The lowest BCUT2D eigenvalue weighted by atomic mass is 9.98. The van der Waals surface area contributed by atoms with E-state index in [-0.39, 0.29) is 0 Å². The predicted octanol–water partition coefficient (Wildman–Crippen LogP) is 4.73. The van der Waals surface area contributed by atoms with Gasteiger partial charge in [0.15, 0.2) is 0 Å². The molecule has 3 aromatic rings. The minimum absolute atomic E-state index is 0.313. The van der Waals surface area contributed by atoms with Crippen LogP contribution in [0.3, 0.4) is 0 Å². The summed E-state index contributed by atoms with van der Waals surface area (Å²) >= 11 is 0. The molecule has 1 aliphatic heterocycles. The van der Waals surface area contributed by atoms with E-state index in [0.717, 1.165) is 61.2 Å². The first kappa shape index (κ1) is 19.0. The number of benzene rings is 1. The van der Waals surface area contributed by atoms with Crippen molar-refractivity contribution in [3.63, 3.8) is 0 Å². The van der Waals surface area contributed by atoms with Crippen LogP contribution in [0.5, 0.6) is 0 Å². The summed E-state index contributed by atoms with van der Waals surface area (Å²) < 4.78 is 0. The molecule has 0 bridgehead atoms.